The van der Waals surface area contributed by atoms with E-state index < -0.39 is 27.4 Å². The molecule has 0 bridgehead atoms. The third-order valence-electron chi connectivity index (χ3n) is 4.97. The largest absolute Gasteiger partial charge is 0.495 e. The highest BCUT2D eigenvalue weighted by molar-refractivity contribution is 8.01. The first-order valence-corrected chi connectivity index (χ1v) is 11.0. The standard InChI is InChI=1S/C24H18N4O5S/c1-33-20-9-5-2-6-16(20)10-11-21-23(30)27(26-22(29)17-12-14-25-15-13-17)24(34-21)18-7-3-4-8-19(18)28(31)32/h2-9,12-15,21,24H,1H3,(H,26,29). The molecule has 2 aromatic carbocycles. The SMILES string of the molecule is COc1ccccc1C#CC1SC(c2ccccc2[N+](=O)[O-])N(NC(=O)c2ccncc2)C1=O. The van der Waals surface area contributed by atoms with Crippen LogP contribution in [0, 0.1) is 22.0 Å². The van der Waals surface area contributed by atoms with E-state index in [9.17, 15) is 19.7 Å². The second kappa shape index (κ2) is 10.1. The maximum atomic E-state index is 13.3. The number of hydrogen-bond donors (Lipinski definition) is 1. The summed E-state index contributed by atoms with van der Waals surface area (Å²) in [4.78, 5) is 41.1. The number of aromatic nitrogens is 1. The summed E-state index contributed by atoms with van der Waals surface area (Å²) in [5, 5.41) is 11.0. The van der Waals surface area contributed by atoms with Crippen molar-refractivity contribution in [1.82, 2.24) is 15.4 Å². The van der Waals surface area contributed by atoms with E-state index in [0.29, 0.717) is 11.3 Å². The van der Waals surface area contributed by atoms with Crippen molar-refractivity contribution < 1.29 is 19.2 Å². The Morgan fingerprint density at radius 3 is 2.59 bits per heavy atom. The summed E-state index contributed by atoms with van der Waals surface area (Å²) in [5.41, 5.74) is 3.60. The summed E-state index contributed by atoms with van der Waals surface area (Å²) in [6.07, 6.45) is 2.91. The van der Waals surface area contributed by atoms with E-state index in [4.69, 9.17) is 4.74 Å². The number of amides is 2. The number of nitro groups is 1. The van der Waals surface area contributed by atoms with Gasteiger partial charge in [-0.15, -0.1) is 11.8 Å². The highest BCUT2D eigenvalue weighted by Gasteiger charge is 2.44. The van der Waals surface area contributed by atoms with Gasteiger partial charge in [0.05, 0.1) is 23.2 Å². The van der Waals surface area contributed by atoms with Gasteiger partial charge in [-0.25, -0.2) is 5.01 Å². The fourth-order valence-electron chi connectivity index (χ4n) is 3.34. The Balaban J connectivity index is 1.70. The number of nitrogens with zero attached hydrogens (tertiary/aromatic N) is 3. The van der Waals surface area contributed by atoms with Crippen molar-refractivity contribution >= 4 is 29.3 Å². The Kier molecular flexibility index (Phi) is 6.75. The lowest BCUT2D eigenvalue weighted by Crippen LogP contribution is -2.45. The number of benzene rings is 2. The Hall–Kier alpha value is -4.36. The molecule has 2 atom stereocenters. The molecule has 1 N–H and O–H groups in total. The second-order valence-corrected chi connectivity index (χ2v) is 8.23. The number of nitrogens with one attached hydrogen (secondary N) is 1. The normalized spacial score (nSPS) is 17.0. The van der Waals surface area contributed by atoms with E-state index in [0.717, 1.165) is 16.8 Å². The van der Waals surface area contributed by atoms with Crippen LogP contribution in [0.4, 0.5) is 5.69 Å². The maximum absolute atomic E-state index is 13.3. The van der Waals surface area contributed by atoms with E-state index in [1.165, 1.54) is 37.7 Å². The minimum atomic E-state index is -0.868. The van der Waals surface area contributed by atoms with E-state index in [2.05, 4.69) is 22.3 Å². The quantitative estimate of drug-likeness (QED) is 0.343. The van der Waals surface area contributed by atoms with Crippen molar-refractivity contribution in [3.63, 3.8) is 0 Å². The van der Waals surface area contributed by atoms with Crippen molar-refractivity contribution in [3.8, 4) is 17.6 Å². The second-order valence-electron chi connectivity index (χ2n) is 7.04. The minimum Gasteiger partial charge on any atom is -0.495 e. The first kappa shape index (κ1) is 22.8. The Morgan fingerprint density at radius 1 is 1.15 bits per heavy atom. The molecule has 1 aliphatic heterocycles. The molecule has 2 amide bonds. The monoisotopic (exact) mass is 474 g/mol. The fourth-order valence-corrected chi connectivity index (χ4v) is 4.58. The van der Waals surface area contributed by atoms with Gasteiger partial charge >= 0.3 is 0 Å². The summed E-state index contributed by atoms with van der Waals surface area (Å²) >= 11 is 1.11. The van der Waals surface area contributed by atoms with E-state index >= 15 is 0 Å². The van der Waals surface area contributed by atoms with Gasteiger partial charge in [-0.2, -0.15) is 0 Å². The van der Waals surface area contributed by atoms with E-state index in [1.807, 2.05) is 0 Å². The number of ether oxygens (including phenoxy) is 1. The third kappa shape index (κ3) is 4.69. The maximum Gasteiger partial charge on any atom is 0.275 e. The van der Waals surface area contributed by atoms with Gasteiger partial charge in [0.1, 0.15) is 16.4 Å². The van der Waals surface area contributed by atoms with Gasteiger partial charge in [0, 0.05) is 24.0 Å². The zero-order valence-electron chi connectivity index (χ0n) is 17.9. The number of nitro benzene ring substituents is 1. The van der Waals surface area contributed by atoms with Crippen molar-refractivity contribution in [2.24, 2.45) is 0 Å². The molecule has 34 heavy (non-hydrogen) atoms. The van der Waals surface area contributed by atoms with Crippen LogP contribution in [0.25, 0.3) is 0 Å². The van der Waals surface area contributed by atoms with E-state index in [1.54, 1.807) is 42.5 Å². The molecule has 1 aliphatic rings. The molecule has 170 valence electrons. The lowest BCUT2D eigenvalue weighted by molar-refractivity contribution is -0.385. The molecule has 9 nitrogen and oxygen atoms in total. The molecule has 1 aromatic heterocycles. The average molecular weight is 474 g/mol. The lowest BCUT2D eigenvalue weighted by atomic mass is 10.1. The van der Waals surface area contributed by atoms with Crippen LogP contribution < -0.4 is 10.2 Å². The Bertz CT molecular complexity index is 1310. The molecular weight excluding hydrogens is 456 g/mol. The van der Waals surface area contributed by atoms with Gasteiger partial charge < -0.3 is 4.74 Å². The summed E-state index contributed by atoms with van der Waals surface area (Å²) in [7, 11) is 1.52. The predicted octanol–water partition coefficient (Wildman–Crippen LogP) is 3.34. The molecule has 1 fully saturated rings. The van der Waals surface area contributed by atoms with Crippen molar-refractivity contribution in [2.75, 3.05) is 7.11 Å². The van der Waals surface area contributed by atoms with Gasteiger partial charge in [0.25, 0.3) is 17.5 Å². The molecule has 2 unspecified atom stereocenters. The fraction of sp³-hybridized carbons (Fsp3) is 0.125. The number of hydrogen-bond acceptors (Lipinski definition) is 7. The van der Waals surface area contributed by atoms with E-state index in [-0.39, 0.29) is 16.8 Å². The average Bonchev–Trinajstić information content (AvgIpc) is 3.18. The van der Waals surface area contributed by atoms with Crippen molar-refractivity contribution in [1.29, 1.82) is 0 Å². The van der Waals surface area contributed by atoms with Gasteiger partial charge in [-0.05, 0) is 30.3 Å². The Labute approximate surface area is 199 Å². The van der Waals surface area contributed by atoms with Crippen LogP contribution in [0.1, 0.15) is 26.9 Å². The smallest absolute Gasteiger partial charge is 0.275 e. The number of rotatable bonds is 5. The minimum absolute atomic E-state index is 0.158. The topological polar surface area (TPSA) is 115 Å². The van der Waals surface area contributed by atoms with Crippen LogP contribution in [-0.2, 0) is 4.79 Å². The predicted molar refractivity (Wildman–Crippen MR) is 126 cm³/mol. The zero-order valence-corrected chi connectivity index (χ0v) is 18.7. The number of carbonyl (C=O) groups excluding carboxylic acids is 2. The first-order valence-electron chi connectivity index (χ1n) is 10.1. The van der Waals surface area contributed by atoms with Crippen LogP contribution in [0.3, 0.4) is 0 Å². The molecule has 4 rings (SSSR count). The molecule has 0 spiro atoms. The Morgan fingerprint density at radius 2 is 1.85 bits per heavy atom. The summed E-state index contributed by atoms with van der Waals surface area (Å²) in [6, 6.07) is 16.2. The van der Waals surface area contributed by atoms with Crippen LogP contribution in [0.2, 0.25) is 0 Å². The molecule has 0 aliphatic carbocycles. The van der Waals surface area contributed by atoms with Crippen molar-refractivity contribution in [3.05, 3.63) is 99.9 Å². The number of hydrazine groups is 1. The van der Waals surface area contributed by atoms with Gasteiger partial charge in [-0.1, -0.05) is 36.1 Å². The van der Waals surface area contributed by atoms with Crippen molar-refractivity contribution in [2.45, 2.75) is 10.6 Å². The number of thioether (sulfide) groups is 1. The zero-order chi connectivity index (χ0) is 24.1. The number of carbonyl (C=O) groups is 2. The van der Waals surface area contributed by atoms with Gasteiger partial charge in [0.2, 0.25) is 0 Å². The van der Waals surface area contributed by atoms with Crippen LogP contribution >= 0.6 is 11.8 Å². The van der Waals surface area contributed by atoms with Crippen LogP contribution in [-0.4, -0.2) is 39.1 Å². The molecule has 1 saturated heterocycles. The number of para-hydroxylation sites is 2. The molecule has 0 saturated carbocycles. The van der Waals surface area contributed by atoms with Crippen LogP contribution in [0.5, 0.6) is 5.75 Å². The first-order chi connectivity index (χ1) is 16.5. The molecule has 3 aromatic rings. The molecular formula is C24H18N4O5S. The molecule has 2 heterocycles. The summed E-state index contributed by atoms with van der Waals surface area (Å²) in [6.45, 7) is 0. The van der Waals surface area contributed by atoms with Gasteiger partial charge in [0.15, 0.2) is 0 Å². The third-order valence-corrected chi connectivity index (χ3v) is 6.28. The number of pyridine rings is 1. The highest BCUT2D eigenvalue weighted by atomic mass is 32.2. The summed E-state index contributed by atoms with van der Waals surface area (Å²) < 4.78 is 5.30. The number of methoxy groups -OCH3 is 1. The van der Waals surface area contributed by atoms with Crippen LogP contribution in [0.15, 0.2) is 73.1 Å². The summed E-state index contributed by atoms with van der Waals surface area (Å²) in [5.74, 6) is 5.41. The molecule has 10 heteroatoms. The molecule has 0 radical (unpaired) electrons. The lowest BCUT2D eigenvalue weighted by Gasteiger charge is -2.24. The van der Waals surface area contributed by atoms with Gasteiger partial charge in [-0.3, -0.25) is 30.1 Å². The highest BCUT2D eigenvalue weighted by Crippen LogP contribution is 2.44.